The Balaban J connectivity index is 2.32. The highest BCUT2D eigenvalue weighted by Gasteiger charge is 2.00. The first kappa shape index (κ1) is 4.81. The lowest BCUT2D eigenvalue weighted by molar-refractivity contribution is 0.0731. The van der Waals surface area contributed by atoms with Crippen LogP contribution in [0, 0.1) is 0 Å². The number of hydrogen-bond donors (Lipinski definition) is 1. The lowest BCUT2D eigenvalue weighted by Gasteiger charge is -2.11. The van der Waals surface area contributed by atoms with Crippen molar-refractivity contribution in [1.82, 2.24) is 0 Å². The summed E-state index contributed by atoms with van der Waals surface area (Å²) in [4.78, 5) is 0. The molecular weight excluding hydrogens is 90.1 g/mol. The van der Waals surface area contributed by atoms with Gasteiger partial charge < -0.3 is 10.5 Å². The summed E-state index contributed by atoms with van der Waals surface area (Å²) >= 11 is 0. The smallest absolute Gasteiger partial charge is 0.109 e. The lowest BCUT2D eigenvalue weighted by Crippen LogP contribution is -2.25. The SMILES string of the molecule is NC1CC=CCO1. The van der Waals surface area contributed by atoms with Crippen molar-refractivity contribution in [2.75, 3.05) is 6.61 Å². The average Bonchev–Trinajstić information content (AvgIpc) is 1.69. The third-order valence-electron chi connectivity index (χ3n) is 0.942. The molecule has 1 rings (SSSR count). The summed E-state index contributed by atoms with van der Waals surface area (Å²) in [7, 11) is 0. The maximum Gasteiger partial charge on any atom is 0.109 e. The van der Waals surface area contributed by atoms with E-state index in [-0.39, 0.29) is 6.23 Å². The number of rotatable bonds is 0. The molecule has 0 aromatic rings. The molecule has 1 aliphatic heterocycles. The molecule has 0 saturated heterocycles. The normalized spacial score (nSPS) is 30.7. The van der Waals surface area contributed by atoms with Crippen LogP contribution in [0.3, 0.4) is 0 Å². The van der Waals surface area contributed by atoms with Crippen molar-refractivity contribution in [2.45, 2.75) is 12.6 Å². The van der Waals surface area contributed by atoms with Crippen LogP contribution < -0.4 is 5.73 Å². The summed E-state index contributed by atoms with van der Waals surface area (Å²) in [6.45, 7) is 0.682. The summed E-state index contributed by atoms with van der Waals surface area (Å²) in [6, 6.07) is 0. The van der Waals surface area contributed by atoms with E-state index in [1.54, 1.807) is 0 Å². The van der Waals surface area contributed by atoms with Gasteiger partial charge in [-0.15, -0.1) is 0 Å². The maximum atomic E-state index is 5.36. The highest BCUT2D eigenvalue weighted by atomic mass is 16.5. The first-order chi connectivity index (χ1) is 3.39. The van der Waals surface area contributed by atoms with Crippen LogP contribution in [0.15, 0.2) is 12.2 Å². The zero-order chi connectivity index (χ0) is 5.11. The third kappa shape index (κ3) is 1.29. The van der Waals surface area contributed by atoms with Gasteiger partial charge in [0.15, 0.2) is 0 Å². The first-order valence-electron chi connectivity index (χ1n) is 2.42. The van der Waals surface area contributed by atoms with Crippen molar-refractivity contribution in [3.05, 3.63) is 12.2 Å². The van der Waals surface area contributed by atoms with Gasteiger partial charge in [0, 0.05) is 6.42 Å². The number of hydrogen-bond acceptors (Lipinski definition) is 2. The fourth-order valence-corrected chi connectivity index (χ4v) is 0.546. The van der Waals surface area contributed by atoms with Gasteiger partial charge in [-0.25, -0.2) is 0 Å². The van der Waals surface area contributed by atoms with Gasteiger partial charge in [0.05, 0.1) is 6.61 Å². The van der Waals surface area contributed by atoms with Gasteiger partial charge in [0.1, 0.15) is 6.23 Å². The van der Waals surface area contributed by atoms with E-state index >= 15 is 0 Å². The van der Waals surface area contributed by atoms with Crippen molar-refractivity contribution in [1.29, 1.82) is 0 Å². The zero-order valence-electron chi connectivity index (χ0n) is 4.13. The molecule has 40 valence electrons. The van der Waals surface area contributed by atoms with Crippen LogP contribution in [0.5, 0.6) is 0 Å². The minimum atomic E-state index is -0.0509. The maximum absolute atomic E-state index is 5.36. The Kier molecular flexibility index (Phi) is 1.44. The minimum Gasteiger partial charge on any atom is -0.359 e. The molecule has 2 N–H and O–H groups in total. The molecule has 7 heavy (non-hydrogen) atoms. The second-order valence-corrected chi connectivity index (χ2v) is 1.58. The van der Waals surface area contributed by atoms with Gasteiger partial charge in [0.25, 0.3) is 0 Å². The quantitative estimate of drug-likeness (QED) is 0.442. The van der Waals surface area contributed by atoms with Gasteiger partial charge in [0.2, 0.25) is 0 Å². The summed E-state index contributed by atoms with van der Waals surface area (Å²) in [5.41, 5.74) is 5.36. The van der Waals surface area contributed by atoms with Crippen LogP contribution in [0.4, 0.5) is 0 Å². The highest BCUT2D eigenvalue weighted by molar-refractivity contribution is 4.86. The standard InChI is InChI=1S/C5H9NO/c6-5-3-1-2-4-7-5/h1-2,5H,3-4,6H2. The van der Waals surface area contributed by atoms with Crippen molar-refractivity contribution in [2.24, 2.45) is 5.73 Å². The van der Waals surface area contributed by atoms with Crippen LogP contribution >= 0.6 is 0 Å². The Morgan fingerprint density at radius 1 is 1.57 bits per heavy atom. The molecule has 0 saturated carbocycles. The van der Waals surface area contributed by atoms with Crippen LogP contribution in [-0.2, 0) is 4.74 Å². The van der Waals surface area contributed by atoms with Gasteiger partial charge in [-0.05, 0) is 0 Å². The molecule has 0 aromatic carbocycles. The van der Waals surface area contributed by atoms with E-state index in [1.807, 2.05) is 12.2 Å². The Hall–Kier alpha value is -0.340. The number of nitrogens with two attached hydrogens (primary N) is 1. The Labute approximate surface area is 43.0 Å². The molecule has 0 aromatic heterocycles. The largest absolute Gasteiger partial charge is 0.359 e. The van der Waals surface area contributed by atoms with Crippen LogP contribution in [0.1, 0.15) is 6.42 Å². The Bertz CT molecular complexity index is 80.1. The van der Waals surface area contributed by atoms with Crippen molar-refractivity contribution in [3.8, 4) is 0 Å². The molecule has 2 heteroatoms. The van der Waals surface area contributed by atoms with Crippen molar-refractivity contribution >= 4 is 0 Å². The molecule has 0 aliphatic carbocycles. The van der Waals surface area contributed by atoms with E-state index in [0.717, 1.165) is 6.42 Å². The van der Waals surface area contributed by atoms with Crippen molar-refractivity contribution in [3.63, 3.8) is 0 Å². The molecule has 2 nitrogen and oxygen atoms in total. The Morgan fingerprint density at radius 2 is 2.43 bits per heavy atom. The second-order valence-electron chi connectivity index (χ2n) is 1.58. The molecule has 1 heterocycles. The van der Waals surface area contributed by atoms with Gasteiger partial charge in [-0.3, -0.25) is 0 Å². The van der Waals surface area contributed by atoms with E-state index in [1.165, 1.54) is 0 Å². The molecule has 0 amide bonds. The number of ether oxygens (including phenoxy) is 1. The van der Waals surface area contributed by atoms with Gasteiger partial charge in [-0.1, -0.05) is 12.2 Å². The molecule has 0 radical (unpaired) electrons. The zero-order valence-corrected chi connectivity index (χ0v) is 4.13. The predicted octanol–water partition coefficient (Wildman–Crippen LogP) is 0.248. The van der Waals surface area contributed by atoms with Crippen LogP contribution in [0.2, 0.25) is 0 Å². The van der Waals surface area contributed by atoms with E-state index in [4.69, 9.17) is 10.5 Å². The molecule has 0 fully saturated rings. The van der Waals surface area contributed by atoms with E-state index in [9.17, 15) is 0 Å². The summed E-state index contributed by atoms with van der Waals surface area (Å²) in [5.74, 6) is 0. The molecule has 0 spiro atoms. The van der Waals surface area contributed by atoms with Crippen LogP contribution in [-0.4, -0.2) is 12.8 Å². The lowest BCUT2D eigenvalue weighted by atomic mass is 10.3. The summed E-state index contributed by atoms with van der Waals surface area (Å²) in [6.07, 6.45) is 4.82. The second kappa shape index (κ2) is 2.09. The summed E-state index contributed by atoms with van der Waals surface area (Å²) < 4.78 is 4.97. The highest BCUT2D eigenvalue weighted by Crippen LogP contribution is 1.98. The minimum absolute atomic E-state index is 0.0509. The summed E-state index contributed by atoms with van der Waals surface area (Å²) in [5, 5.41) is 0. The monoisotopic (exact) mass is 99.1 g/mol. The Morgan fingerprint density at radius 3 is 2.71 bits per heavy atom. The molecule has 1 aliphatic rings. The molecule has 0 bridgehead atoms. The molecule has 1 atom stereocenters. The predicted molar refractivity (Wildman–Crippen MR) is 27.7 cm³/mol. The average molecular weight is 99.1 g/mol. The van der Waals surface area contributed by atoms with Gasteiger partial charge >= 0.3 is 0 Å². The fraction of sp³-hybridized carbons (Fsp3) is 0.600. The van der Waals surface area contributed by atoms with Crippen molar-refractivity contribution < 1.29 is 4.74 Å². The van der Waals surface area contributed by atoms with Gasteiger partial charge in [-0.2, -0.15) is 0 Å². The molecular formula is C5H9NO. The van der Waals surface area contributed by atoms with E-state index in [2.05, 4.69) is 0 Å². The third-order valence-corrected chi connectivity index (χ3v) is 0.942. The molecule has 1 unspecified atom stereocenters. The van der Waals surface area contributed by atoms with E-state index in [0.29, 0.717) is 6.61 Å². The van der Waals surface area contributed by atoms with Crippen LogP contribution in [0.25, 0.3) is 0 Å². The fourth-order valence-electron chi connectivity index (χ4n) is 0.546. The first-order valence-corrected chi connectivity index (χ1v) is 2.42. The topological polar surface area (TPSA) is 35.2 Å². The van der Waals surface area contributed by atoms with E-state index < -0.39 is 0 Å².